The molecule has 2 amide bonds. The van der Waals surface area contributed by atoms with E-state index in [4.69, 9.17) is 4.74 Å². The number of aryl methyl sites for hydroxylation is 1. The van der Waals surface area contributed by atoms with Crippen molar-refractivity contribution in [3.05, 3.63) is 94.5 Å². The fourth-order valence-corrected chi connectivity index (χ4v) is 6.47. The third-order valence-electron chi connectivity index (χ3n) is 7.10. The molecule has 1 atom stereocenters. The minimum absolute atomic E-state index is 0.0620. The Morgan fingerprint density at radius 2 is 1.72 bits per heavy atom. The highest BCUT2D eigenvalue weighted by atomic mass is 32.2. The van der Waals surface area contributed by atoms with Gasteiger partial charge in [-0.25, -0.2) is 0 Å². The molecular formula is C30H32N2O3S. The fraction of sp³-hybridized carbons (Fsp3) is 0.333. The van der Waals surface area contributed by atoms with Gasteiger partial charge < -0.3 is 14.5 Å². The van der Waals surface area contributed by atoms with Crippen LogP contribution in [0.4, 0.5) is 5.69 Å². The molecule has 2 heterocycles. The summed E-state index contributed by atoms with van der Waals surface area (Å²) >= 11 is 1.54. The number of nitrogens with zero attached hydrogens (tertiary/aromatic N) is 2. The largest absolute Gasteiger partial charge is 0.497 e. The van der Waals surface area contributed by atoms with Crippen LogP contribution in [-0.2, 0) is 21.6 Å². The van der Waals surface area contributed by atoms with Gasteiger partial charge in [-0.3, -0.25) is 9.59 Å². The maximum absolute atomic E-state index is 14.3. The number of hydrogen-bond acceptors (Lipinski definition) is 4. The first-order valence-electron chi connectivity index (χ1n) is 12.3. The van der Waals surface area contributed by atoms with Crippen LogP contribution in [0.25, 0.3) is 0 Å². The summed E-state index contributed by atoms with van der Waals surface area (Å²) in [5, 5.41) is 0. The van der Waals surface area contributed by atoms with Gasteiger partial charge in [0.05, 0.1) is 19.3 Å². The molecular weight excluding hydrogens is 468 g/mol. The van der Waals surface area contributed by atoms with Crippen molar-refractivity contribution < 1.29 is 14.3 Å². The van der Waals surface area contributed by atoms with Gasteiger partial charge in [-0.1, -0.05) is 62.7 Å². The lowest BCUT2D eigenvalue weighted by molar-refractivity contribution is -0.123. The molecule has 3 aromatic carbocycles. The Morgan fingerprint density at radius 1 is 1.03 bits per heavy atom. The van der Waals surface area contributed by atoms with Gasteiger partial charge in [0.25, 0.3) is 11.8 Å². The van der Waals surface area contributed by atoms with Gasteiger partial charge in [0.2, 0.25) is 0 Å². The summed E-state index contributed by atoms with van der Waals surface area (Å²) < 4.78 is 5.53. The highest BCUT2D eigenvalue weighted by molar-refractivity contribution is 8.01. The van der Waals surface area contributed by atoms with Gasteiger partial charge in [0.1, 0.15) is 5.75 Å². The van der Waals surface area contributed by atoms with Gasteiger partial charge in [-0.2, -0.15) is 0 Å². The van der Waals surface area contributed by atoms with Crippen molar-refractivity contribution in [3.8, 4) is 5.75 Å². The Kier molecular flexibility index (Phi) is 6.11. The third kappa shape index (κ3) is 3.97. The standard InChI is InChI=1S/C30H32N2O3S/c1-20-6-10-22(11-7-20)27(33)32-16-17-36-30(32)25-18-24(35-5)14-15-26(25)31(28(30)34)19-21-8-12-23(13-9-21)29(2,3)4/h6-15,18H,16-17,19H2,1-5H3/t30-/m1/s1. The molecule has 5 rings (SSSR count). The van der Waals surface area contributed by atoms with E-state index in [0.717, 1.165) is 22.4 Å². The van der Waals surface area contributed by atoms with Crippen LogP contribution in [0.3, 0.4) is 0 Å². The van der Waals surface area contributed by atoms with E-state index in [1.165, 1.54) is 17.3 Å². The fourth-order valence-electron chi connectivity index (χ4n) is 5.02. The molecule has 5 nitrogen and oxygen atoms in total. The van der Waals surface area contributed by atoms with Crippen molar-refractivity contribution in [3.63, 3.8) is 0 Å². The van der Waals surface area contributed by atoms with E-state index in [-0.39, 0.29) is 17.2 Å². The van der Waals surface area contributed by atoms with Crippen LogP contribution in [0.5, 0.6) is 5.75 Å². The lowest BCUT2D eigenvalue weighted by Crippen LogP contribution is -2.50. The summed E-state index contributed by atoms with van der Waals surface area (Å²) in [4.78, 5) is 30.5. The van der Waals surface area contributed by atoms with Gasteiger partial charge >= 0.3 is 0 Å². The number of fused-ring (bicyclic) bond motifs is 2. The molecule has 0 radical (unpaired) electrons. The monoisotopic (exact) mass is 500 g/mol. The highest BCUT2D eigenvalue weighted by Gasteiger charge is 2.59. The van der Waals surface area contributed by atoms with E-state index in [1.54, 1.807) is 12.0 Å². The van der Waals surface area contributed by atoms with Crippen molar-refractivity contribution in [1.82, 2.24) is 4.90 Å². The average Bonchev–Trinajstić information content (AvgIpc) is 3.40. The molecule has 0 bridgehead atoms. The molecule has 186 valence electrons. The van der Waals surface area contributed by atoms with Crippen LogP contribution in [0.1, 0.15) is 53.4 Å². The summed E-state index contributed by atoms with van der Waals surface area (Å²) in [6, 6.07) is 21.8. The SMILES string of the molecule is COc1ccc2c(c1)[C@@]1(SCCN1C(=O)c1ccc(C)cc1)C(=O)N2Cc1ccc(C(C)(C)C)cc1. The van der Waals surface area contributed by atoms with Crippen LogP contribution in [0.2, 0.25) is 0 Å². The van der Waals surface area contributed by atoms with Crippen LogP contribution < -0.4 is 9.64 Å². The Morgan fingerprint density at radius 3 is 2.36 bits per heavy atom. The van der Waals surface area contributed by atoms with Crippen LogP contribution in [0, 0.1) is 6.92 Å². The molecule has 3 aromatic rings. The second-order valence-corrected chi connectivity index (χ2v) is 11.8. The number of amides is 2. The molecule has 1 saturated heterocycles. The molecule has 0 saturated carbocycles. The Balaban J connectivity index is 1.55. The summed E-state index contributed by atoms with van der Waals surface area (Å²) in [5.41, 5.74) is 5.70. The molecule has 2 aliphatic rings. The first-order chi connectivity index (χ1) is 17.1. The first kappa shape index (κ1) is 24.4. The number of carbonyl (C=O) groups excluding carboxylic acids is 2. The number of benzene rings is 3. The zero-order valence-corrected chi connectivity index (χ0v) is 22.3. The summed E-state index contributed by atoms with van der Waals surface area (Å²) in [6.07, 6.45) is 0. The van der Waals surface area contributed by atoms with Gasteiger partial charge in [0.15, 0.2) is 4.87 Å². The minimum atomic E-state index is -1.10. The predicted octanol–water partition coefficient (Wildman–Crippen LogP) is 5.89. The first-order valence-corrected chi connectivity index (χ1v) is 13.3. The van der Waals surface area contributed by atoms with E-state index >= 15 is 0 Å². The molecule has 6 heteroatoms. The quantitative estimate of drug-likeness (QED) is 0.448. The van der Waals surface area contributed by atoms with Crippen molar-refractivity contribution in [2.24, 2.45) is 0 Å². The molecule has 0 aromatic heterocycles. The van der Waals surface area contributed by atoms with Crippen molar-refractivity contribution in [2.45, 2.75) is 44.5 Å². The van der Waals surface area contributed by atoms with Crippen molar-refractivity contribution >= 4 is 29.3 Å². The summed E-state index contributed by atoms with van der Waals surface area (Å²) in [6.45, 7) is 9.52. The van der Waals surface area contributed by atoms with Crippen molar-refractivity contribution in [2.75, 3.05) is 24.3 Å². The second kappa shape index (κ2) is 9.00. The van der Waals surface area contributed by atoms with E-state index < -0.39 is 4.87 Å². The Bertz CT molecular complexity index is 1310. The maximum atomic E-state index is 14.3. The minimum Gasteiger partial charge on any atom is -0.497 e. The smallest absolute Gasteiger partial charge is 0.268 e. The Hall–Kier alpha value is -3.25. The molecule has 2 aliphatic heterocycles. The van der Waals surface area contributed by atoms with Crippen LogP contribution in [-0.4, -0.2) is 36.1 Å². The average molecular weight is 501 g/mol. The summed E-state index contributed by atoms with van der Waals surface area (Å²) in [5.74, 6) is 1.16. The number of hydrogen-bond donors (Lipinski definition) is 0. The van der Waals surface area contributed by atoms with Gasteiger partial charge in [-0.15, -0.1) is 11.8 Å². The number of anilines is 1. The van der Waals surface area contributed by atoms with Crippen molar-refractivity contribution in [1.29, 1.82) is 0 Å². The number of thioether (sulfide) groups is 1. The zero-order chi connectivity index (χ0) is 25.7. The maximum Gasteiger partial charge on any atom is 0.268 e. The van der Waals surface area contributed by atoms with Crippen LogP contribution in [0.15, 0.2) is 66.7 Å². The van der Waals surface area contributed by atoms with Gasteiger partial charge in [-0.05, 0) is 53.8 Å². The predicted molar refractivity (Wildman–Crippen MR) is 146 cm³/mol. The molecule has 0 unspecified atom stereocenters. The molecule has 1 spiro atoms. The molecule has 0 N–H and O–H groups in total. The highest BCUT2D eigenvalue weighted by Crippen LogP contribution is 2.55. The van der Waals surface area contributed by atoms with E-state index in [1.807, 2.05) is 54.3 Å². The zero-order valence-electron chi connectivity index (χ0n) is 21.5. The lowest BCUT2D eigenvalue weighted by atomic mass is 9.87. The number of carbonyl (C=O) groups is 2. The summed E-state index contributed by atoms with van der Waals surface area (Å²) in [7, 11) is 1.62. The van der Waals surface area contributed by atoms with E-state index in [2.05, 4.69) is 45.0 Å². The third-order valence-corrected chi connectivity index (χ3v) is 8.52. The Labute approximate surface area is 217 Å². The van der Waals surface area contributed by atoms with Gasteiger partial charge in [0, 0.05) is 23.4 Å². The second-order valence-electron chi connectivity index (χ2n) is 10.5. The number of ether oxygens (including phenoxy) is 1. The molecule has 1 fully saturated rings. The molecule has 36 heavy (non-hydrogen) atoms. The topological polar surface area (TPSA) is 49.9 Å². The molecule has 0 aliphatic carbocycles. The number of rotatable bonds is 4. The lowest BCUT2D eigenvalue weighted by Gasteiger charge is -2.33. The normalized spacial score (nSPS) is 19.2. The van der Waals surface area contributed by atoms with Crippen LogP contribution >= 0.6 is 11.8 Å². The van der Waals surface area contributed by atoms with E-state index in [0.29, 0.717) is 30.2 Å². The van der Waals surface area contributed by atoms with E-state index in [9.17, 15) is 9.59 Å². The number of methoxy groups -OCH3 is 1.